The summed E-state index contributed by atoms with van der Waals surface area (Å²) in [5, 5.41) is 3.59. The Morgan fingerprint density at radius 2 is 1.70 bits per heavy atom. The Balaban J connectivity index is 2.06. The third-order valence-corrected chi connectivity index (χ3v) is 4.39. The summed E-state index contributed by atoms with van der Waals surface area (Å²) in [4.78, 5) is 1.35. The Hall–Kier alpha value is -1.25. The van der Waals surface area contributed by atoms with Gasteiger partial charge in [-0.05, 0) is 38.1 Å². The van der Waals surface area contributed by atoms with Crippen molar-refractivity contribution in [1.82, 2.24) is 5.32 Å². The lowest BCUT2D eigenvalue weighted by Gasteiger charge is -2.18. The van der Waals surface area contributed by atoms with Crippen LogP contribution in [0.4, 0.5) is 0 Å². The molecule has 2 rings (SSSR count). The minimum Gasteiger partial charge on any atom is -0.309 e. The van der Waals surface area contributed by atoms with Crippen LogP contribution in [0.3, 0.4) is 0 Å². The summed E-state index contributed by atoms with van der Waals surface area (Å²) >= 11 is 1.92. The highest BCUT2D eigenvalue weighted by molar-refractivity contribution is 7.99. The van der Waals surface area contributed by atoms with Crippen LogP contribution >= 0.6 is 11.8 Å². The molecule has 0 heterocycles. The molecule has 0 radical (unpaired) electrons. The number of thioether (sulfide) groups is 1. The van der Waals surface area contributed by atoms with Gasteiger partial charge in [0.1, 0.15) is 0 Å². The molecule has 0 aliphatic carbocycles. The molecule has 0 spiro atoms. The molecule has 1 N–H and O–H groups in total. The largest absolute Gasteiger partial charge is 0.309 e. The van der Waals surface area contributed by atoms with Crippen LogP contribution in [-0.2, 0) is 0 Å². The van der Waals surface area contributed by atoms with Crippen LogP contribution in [0.15, 0.2) is 53.4 Å². The minimum absolute atomic E-state index is 0.408. The van der Waals surface area contributed by atoms with Crippen LogP contribution < -0.4 is 5.32 Å². The van der Waals surface area contributed by atoms with Gasteiger partial charge in [-0.15, -0.1) is 11.8 Å². The third-order valence-electron chi connectivity index (χ3n) is 3.30. The number of hydrogen-bond donors (Lipinski definition) is 1. The first kappa shape index (κ1) is 15.1. The van der Waals surface area contributed by atoms with Gasteiger partial charge in [-0.1, -0.05) is 54.4 Å². The van der Waals surface area contributed by atoms with Gasteiger partial charge in [-0.25, -0.2) is 0 Å². The van der Waals surface area contributed by atoms with Crippen molar-refractivity contribution >= 4 is 11.8 Å². The zero-order valence-electron chi connectivity index (χ0n) is 12.5. The highest BCUT2D eigenvalue weighted by Crippen LogP contribution is 2.25. The summed E-state index contributed by atoms with van der Waals surface area (Å²) in [5.74, 6) is 1.06. The molecule has 0 bridgehead atoms. The summed E-state index contributed by atoms with van der Waals surface area (Å²) in [5.41, 5.74) is 4.03. The molecule has 0 aliphatic rings. The van der Waals surface area contributed by atoms with Crippen LogP contribution in [0.1, 0.15) is 29.7 Å². The third kappa shape index (κ3) is 4.39. The number of nitrogens with one attached hydrogen (secondary N) is 1. The molecule has 0 saturated carbocycles. The zero-order chi connectivity index (χ0) is 14.4. The molecule has 1 nitrogen and oxygen atoms in total. The second kappa shape index (κ2) is 7.51. The lowest BCUT2D eigenvalue weighted by atomic mass is 10.1. The van der Waals surface area contributed by atoms with Gasteiger partial charge >= 0.3 is 0 Å². The van der Waals surface area contributed by atoms with Crippen molar-refractivity contribution in [3.63, 3.8) is 0 Å². The molecule has 2 heteroatoms. The molecule has 106 valence electrons. The SMILES string of the molecule is CCNC(CSc1cccc(C)c1)c1cccc(C)c1. The van der Waals surface area contributed by atoms with Crippen LogP contribution in [0.5, 0.6) is 0 Å². The lowest BCUT2D eigenvalue weighted by molar-refractivity contribution is 0.605. The van der Waals surface area contributed by atoms with Crippen molar-refractivity contribution in [2.45, 2.75) is 31.7 Å². The fourth-order valence-corrected chi connectivity index (χ4v) is 3.40. The highest BCUT2D eigenvalue weighted by Gasteiger charge is 2.10. The van der Waals surface area contributed by atoms with Gasteiger partial charge in [0.2, 0.25) is 0 Å². The predicted molar refractivity (Wildman–Crippen MR) is 89.5 cm³/mol. The molecular weight excluding hydrogens is 262 g/mol. The maximum Gasteiger partial charge on any atom is 0.0415 e. The normalized spacial score (nSPS) is 12.3. The van der Waals surface area contributed by atoms with Gasteiger partial charge < -0.3 is 5.32 Å². The van der Waals surface area contributed by atoms with E-state index in [0.717, 1.165) is 12.3 Å². The fraction of sp³-hybridized carbons (Fsp3) is 0.333. The van der Waals surface area contributed by atoms with Gasteiger partial charge in [-0.3, -0.25) is 0 Å². The minimum atomic E-state index is 0.408. The molecule has 0 amide bonds. The second-order valence-electron chi connectivity index (χ2n) is 5.15. The van der Waals surface area contributed by atoms with Crippen LogP contribution in [0.2, 0.25) is 0 Å². The molecule has 0 saturated heterocycles. The first-order chi connectivity index (χ1) is 9.69. The molecule has 1 atom stereocenters. The van der Waals surface area contributed by atoms with Crippen molar-refractivity contribution in [1.29, 1.82) is 0 Å². The van der Waals surface area contributed by atoms with Crippen LogP contribution in [-0.4, -0.2) is 12.3 Å². The number of hydrogen-bond acceptors (Lipinski definition) is 2. The van der Waals surface area contributed by atoms with Gasteiger partial charge in [-0.2, -0.15) is 0 Å². The summed E-state index contributed by atoms with van der Waals surface area (Å²) in [6.07, 6.45) is 0. The maximum atomic E-state index is 3.59. The van der Waals surface area contributed by atoms with Crippen LogP contribution in [0.25, 0.3) is 0 Å². The first-order valence-corrected chi connectivity index (χ1v) is 8.17. The lowest BCUT2D eigenvalue weighted by Crippen LogP contribution is -2.23. The number of aryl methyl sites for hydroxylation is 2. The Bertz CT molecular complexity index is 551. The van der Waals surface area contributed by atoms with E-state index < -0.39 is 0 Å². The van der Waals surface area contributed by atoms with E-state index in [2.05, 4.69) is 74.6 Å². The molecule has 2 aromatic rings. The average Bonchev–Trinajstić information content (AvgIpc) is 2.43. The maximum absolute atomic E-state index is 3.59. The topological polar surface area (TPSA) is 12.0 Å². The monoisotopic (exact) mass is 285 g/mol. The molecule has 1 unspecified atom stereocenters. The summed E-state index contributed by atoms with van der Waals surface area (Å²) < 4.78 is 0. The van der Waals surface area contributed by atoms with E-state index in [1.807, 2.05) is 11.8 Å². The highest BCUT2D eigenvalue weighted by atomic mass is 32.2. The van der Waals surface area contributed by atoms with Gasteiger partial charge in [0.05, 0.1) is 0 Å². The molecule has 2 aromatic carbocycles. The van der Waals surface area contributed by atoms with E-state index in [0.29, 0.717) is 6.04 Å². The van der Waals surface area contributed by atoms with E-state index in [1.165, 1.54) is 21.6 Å². The molecular formula is C18H23NS. The van der Waals surface area contributed by atoms with Crippen molar-refractivity contribution in [2.75, 3.05) is 12.3 Å². The zero-order valence-corrected chi connectivity index (χ0v) is 13.3. The number of benzene rings is 2. The Labute approximate surface area is 126 Å². The second-order valence-corrected chi connectivity index (χ2v) is 6.25. The number of rotatable bonds is 6. The summed E-state index contributed by atoms with van der Waals surface area (Å²) in [6, 6.07) is 17.9. The smallest absolute Gasteiger partial charge is 0.0415 e. The van der Waals surface area contributed by atoms with Gasteiger partial charge in [0.15, 0.2) is 0 Å². The molecule has 0 fully saturated rings. The molecule has 0 aliphatic heterocycles. The Kier molecular flexibility index (Phi) is 5.69. The first-order valence-electron chi connectivity index (χ1n) is 7.18. The standard InChI is InChI=1S/C18H23NS/c1-4-19-18(16-9-5-7-14(2)11-16)13-20-17-10-6-8-15(3)12-17/h5-12,18-19H,4,13H2,1-3H3. The predicted octanol–water partition coefficient (Wildman–Crippen LogP) is 4.75. The van der Waals surface area contributed by atoms with Crippen LogP contribution in [0, 0.1) is 13.8 Å². The van der Waals surface area contributed by atoms with E-state index in [1.54, 1.807) is 0 Å². The molecule has 20 heavy (non-hydrogen) atoms. The van der Waals surface area contributed by atoms with E-state index in [9.17, 15) is 0 Å². The van der Waals surface area contributed by atoms with Gasteiger partial charge in [0.25, 0.3) is 0 Å². The average molecular weight is 285 g/mol. The van der Waals surface area contributed by atoms with E-state index >= 15 is 0 Å². The fourth-order valence-electron chi connectivity index (χ4n) is 2.29. The van der Waals surface area contributed by atoms with Crippen molar-refractivity contribution < 1.29 is 0 Å². The molecule has 0 aromatic heterocycles. The van der Waals surface area contributed by atoms with Crippen molar-refractivity contribution in [3.05, 3.63) is 65.2 Å². The van der Waals surface area contributed by atoms with Gasteiger partial charge in [0, 0.05) is 16.7 Å². The summed E-state index contributed by atoms with van der Waals surface area (Å²) in [7, 11) is 0. The van der Waals surface area contributed by atoms with E-state index in [4.69, 9.17) is 0 Å². The van der Waals surface area contributed by atoms with E-state index in [-0.39, 0.29) is 0 Å². The Morgan fingerprint density at radius 1 is 1.00 bits per heavy atom. The summed E-state index contributed by atoms with van der Waals surface area (Å²) in [6.45, 7) is 7.46. The quantitative estimate of drug-likeness (QED) is 0.769. The van der Waals surface area contributed by atoms with Crippen molar-refractivity contribution in [3.8, 4) is 0 Å². The Morgan fingerprint density at radius 3 is 2.35 bits per heavy atom. The van der Waals surface area contributed by atoms with Crippen molar-refractivity contribution in [2.24, 2.45) is 0 Å².